The van der Waals surface area contributed by atoms with Crippen molar-refractivity contribution in [3.8, 4) is 0 Å². The molecule has 0 saturated heterocycles. The lowest BCUT2D eigenvalue weighted by molar-refractivity contribution is -0.155. The van der Waals surface area contributed by atoms with Gasteiger partial charge >= 0.3 is 0 Å². The maximum Gasteiger partial charge on any atom is 0.226 e. The third-order valence-electron chi connectivity index (χ3n) is 6.31. The minimum atomic E-state index is -0.0403. The van der Waals surface area contributed by atoms with E-state index in [0.717, 1.165) is 50.5 Å². The van der Waals surface area contributed by atoms with Crippen molar-refractivity contribution in [1.82, 2.24) is 5.32 Å². The third kappa shape index (κ3) is 2.99. The maximum absolute atomic E-state index is 12.8. The molecule has 120 valence electrons. The van der Waals surface area contributed by atoms with Gasteiger partial charge in [0.2, 0.25) is 5.91 Å². The number of amides is 1. The van der Waals surface area contributed by atoms with Crippen molar-refractivity contribution in [2.45, 2.75) is 65.2 Å². The molecule has 21 heavy (non-hydrogen) atoms. The molecule has 0 radical (unpaired) electrons. The summed E-state index contributed by atoms with van der Waals surface area (Å²) >= 11 is 0. The molecule has 4 bridgehead atoms. The molecule has 0 spiro atoms. The minimum absolute atomic E-state index is 0.0403. The highest BCUT2D eigenvalue weighted by molar-refractivity contribution is 5.83. The number of carbonyl (C=O) groups excluding carboxylic acids is 1. The second-order valence-corrected chi connectivity index (χ2v) is 8.74. The maximum atomic E-state index is 12.8. The Labute approximate surface area is 128 Å². The summed E-state index contributed by atoms with van der Waals surface area (Å²) in [4.78, 5) is 12.8. The fourth-order valence-corrected chi connectivity index (χ4v) is 5.92. The quantitative estimate of drug-likeness (QED) is 0.739. The molecule has 3 nitrogen and oxygen atoms in total. The van der Waals surface area contributed by atoms with Gasteiger partial charge in [0.05, 0.1) is 5.41 Å². The van der Waals surface area contributed by atoms with Crippen molar-refractivity contribution in [3.63, 3.8) is 0 Å². The van der Waals surface area contributed by atoms with Crippen LogP contribution in [0.5, 0.6) is 0 Å². The second-order valence-electron chi connectivity index (χ2n) is 8.74. The van der Waals surface area contributed by atoms with Crippen LogP contribution in [-0.4, -0.2) is 24.2 Å². The largest absolute Gasteiger partial charge is 0.396 e. The lowest BCUT2D eigenvalue weighted by Crippen LogP contribution is -2.56. The first-order chi connectivity index (χ1) is 9.95. The van der Waals surface area contributed by atoms with Crippen LogP contribution >= 0.6 is 0 Å². The second kappa shape index (κ2) is 5.57. The van der Waals surface area contributed by atoms with Gasteiger partial charge in [0.15, 0.2) is 0 Å². The molecule has 4 aliphatic rings. The predicted octanol–water partition coefficient (Wildman–Crippen LogP) is 3.12. The van der Waals surface area contributed by atoms with E-state index in [4.69, 9.17) is 5.11 Å². The summed E-state index contributed by atoms with van der Waals surface area (Å²) in [5.41, 5.74) is 0.397. The number of hydrogen-bond acceptors (Lipinski definition) is 2. The first-order valence-corrected chi connectivity index (χ1v) is 8.84. The normalized spacial score (nSPS) is 42.0. The summed E-state index contributed by atoms with van der Waals surface area (Å²) in [5.74, 6) is 2.28. The highest BCUT2D eigenvalue weighted by Crippen LogP contribution is 2.65. The first kappa shape index (κ1) is 15.3. The van der Waals surface area contributed by atoms with E-state index in [0.29, 0.717) is 17.2 Å². The molecule has 4 saturated carbocycles. The Balaban J connectivity index is 1.55. The summed E-state index contributed by atoms with van der Waals surface area (Å²) in [6.45, 7) is 5.49. The van der Waals surface area contributed by atoms with E-state index in [2.05, 4.69) is 19.2 Å². The van der Waals surface area contributed by atoms with Gasteiger partial charge < -0.3 is 10.4 Å². The van der Waals surface area contributed by atoms with E-state index in [-0.39, 0.29) is 12.0 Å². The van der Waals surface area contributed by atoms with Crippen molar-refractivity contribution in [2.24, 2.45) is 28.6 Å². The van der Waals surface area contributed by atoms with E-state index in [1.165, 1.54) is 19.3 Å². The number of hydrogen-bond donors (Lipinski definition) is 2. The molecule has 4 aliphatic carbocycles. The number of carbonyl (C=O) groups is 1. The summed E-state index contributed by atoms with van der Waals surface area (Å²) in [7, 11) is 0. The van der Waals surface area contributed by atoms with E-state index in [1.807, 2.05) is 0 Å². The van der Waals surface area contributed by atoms with Crippen LogP contribution in [0.4, 0.5) is 0 Å². The molecule has 1 amide bonds. The number of aliphatic hydroxyl groups is 1. The smallest absolute Gasteiger partial charge is 0.226 e. The van der Waals surface area contributed by atoms with Crippen molar-refractivity contribution in [2.75, 3.05) is 13.2 Å². The molecular weight excluding hydrogens is 262 g/mol. The SMILES string of the molecule is CC(CO)CCCNC(=O)C12CC3CC(CC(C)(C3)C1)C2. The molecule has 3 atom stereocenters. The zero-order chi connectivity index (χ0) is 15.1. The van der Waals surface area contributed by atoms with Crippen molar-refractivity contribution >= 4 is 5.91 Å². The molecule has 0 aromatic rings. The lowest BCUT2D eigenvalue weighted by Gasteiger charge is -2.60. The standard InChI is InChI=1S/C18H31NO2/c1-13(11-20)4-3-5-19-16(21)18-9-14-6-15(10-18)8-17(2,7-14)12-18/h13-15,20H,3-12H2,1-2H3,(H,19,21). The summed E-state index contributed by atoms with van der Waals surface area (Å²) < 4.78 is 0. The van der Waals surface area contributed by atoms with Gasteiger partial charge in [0, 0.05) is 13.2 Å². The molecule has 3 unspecified atom stereocenters. The van der Waals surface area contributed by atoms with Crippen LogP contribution in [0.15, 0.2) is 0 Å². The first-order valence-electron chi connectivity index (χ1n) is 8.84. The van der Waals surface area contributed by atoms with Crippen molar-refractivity contribution in [3.05, 3.63) is 0 Å². The number of nitrogens with one attached hydrogen (secondary N) is 1. The molecular formula is C18H31NO2. The van der Waals surface area contributed by atoms with E-state index >= 15 is 0 Å². The van der Waals surface area contributed by atoms with Gasteiger partial charge in [-0.05, 0) is 74.5 Å². The Morgan fingerprint density at radius 3 is 2.52 bits per heavy atom. The van der Waals surface area contributed by atoms with Gasteiger partial charge in [-0.3, -0.25) is 4.79 Å². The van der Waals surface area contributed by atoms with E-state index in [9.17, 15) is 4.79 Å². The summed E-state index contributed by atoms with van der Waals surface area (Å²) in [6.07, 6.45) is 9.44. The topological polar surface area (TPSA) is 49.3 Å². The van der Waals surface area contributed by atoms with Crippen LogP contribution < -0.4 is 5.32 Å². The monoisotopic (exact) mass is 293 g/mol. The van der Waals surface area contributed by atoms with Gasteiger partial charge in [-0.2, -0.15) is 0 Å². The Morgan fingerprint density at radius 2 is 1.95 bits per heavy atom. The van der Waals surface area contributed by atoms with Crippen LogP contribution in [-0.2, 0) is 4.79 Å². The minimum Gasteiger partial charge on any atom is -0.396 e. The van der Waals surface area contributed by atoms with Gasteiger partial charge in [-0.15, -0.1) is 0 Å². The Hall–Kier alpha value is -0.570. The van der Waals surface area contributed by atoms with Gasteiger partial charge in [-0.25, -0.2) is 0 Å². The zero-order valence-electron chi connectivity index (χ0n) is 13.7. The van der Waals surface area contributed by atoms with E-state index < -0.39 is 0 Å². The molecule has 0 aliphatic heterocycles. The third-order valence-corrected chi connectivity index (χ3v) is 6.31. The molecule has 4 fully saturated rings. The summed E-state index contributed by atoms with van der Waals surface area (Å²) in [6, 6.07) is 0. The molecule has 0 heterocycles. The Kier molecular flexibility index (Phi) is 4.06. The lowest BCUT2D eigenvalue weighted by atomic mass is 9.44. The van der Waals surface area contributed by atoms with Crippen LogP contribution in [0, 0.1) is 28.6 Å². The summed E-state index contributed by atoms with van der Waals surface area (Å²) in [5, 5.41) is 12.3. The van der Waals surface area contributed by atoms with Gasteiger partial charge in [-0.1, -0.05) is 13.8 Å². The average Bonchev–Trinajstić information content (AvgIpc) is 2.40. The van der Waals surface area contributed by atoms with Gasteiger partial charge in [0.1, 0.15) is 0 Å². The number of aliphatic hydroxyl groups excluding tert-OH is 1. The molecule has 0 aromatic carbocycles. The molecule has 4 rings (SSSR count). The van der Waals surface area contributed by atoms with Gasteiger partial charge in [0.25, 0.3) is 0 Å². The van der Waals surface area contributed by atoms with Crippen LogP contribution in [0.2, 0.25) is 0 Å². The molecule has 2 N–H and O–H groups in total. The predicted molar refractivity (Wildman–Crippen MR) is 83.7 cm³/mol. The fourth-order valence-electron chi connectivity index (χ4n) is 5.92. The molecule has 3 heteroatoms. The Morgan fingerprint density at radius 1 is 1.29 bits per heavy atom. The fraction of sp³-hybridized carbons (Fsp3) is 0.944. The van der Waals surface area contributed by atoms with Crippen molar-refractivity contribution < 1.29 is 9.90 Å². The zero-order valence-corrected chi connectivity index (χ0v) is 13.7. The van der Waals surface area contributed by atoms with Crippen LogP contribution in [0.25, 0.3) is 0 Å². The van der Waals surface area contributed by atoms with E-state index in [1.54, 1.807) is 0 Å². The van der Waals surface area contributed by atoms with Crippen LogP contribution in [0.1, 0.15) is 65.2 Å². The van der Waals surface area contributed by atoms with Crippen LogP contribution in [0.3, 0.4) is 0 Å². The average molecular weight is 293 g/mol. The highest BCUT2D eigenvalue weighted by atomic mass is 16.3. The highest BCUT2D eigenvalue weighted by Gasteiger charge is 2.58. The number of rotatable bonds is 6. The molecule has 0 aromatic heterocycles. The Bertz CT molecular complexity index is 392. The van der Waals surface area contributed by atoms with Crippen molar-refractivity contribution in [1.29, 1.82) is 0 Å².